The maximum Gasteiger partial charge on any atom is 0.226 e. The van der Waals surface area contributed by atoms with E-state index in [9.17, 15) is 30.4 Å². The predicted molar refractivity (Wildman–Crippen MR) is 74.4 cm³/mol. The molecule has 3 rings (SSSR count). The van der Waals surface area contributed by atoms with Crippen molar-refractivity contribution in [2.75, 3.05) is 17.3 Å². The molecular weight excluding hydrogens is 379 g/mol. The van der Waals surface area contributed by atoms with Crippen molar-refractivity contribution in [1.82, 2.24) is 14.5 Å². The highest BCUT2D eigenvalue weighted by molar-refractivity contribution is 7.99. The van der Waals surface area contributed by atoms with E-state index in [4.69, 9.17) is 0 Å². The number of thioether (sulfide) groups is 1. The standard InChI is InChI=1S/C11H7F5N4O2S2/c1-24(21,22)18-19-3-23-11-17-2-4(20(11)19)5-6(12)8(14)10(16)9(15)7(5)13/h2,18H,3H2,1H3. The van der Waals surface area contributed by atoms with Gasteiger partial charge in [0.15, 0.2) is 28.4 Å². The van der Waals surface area contributed by atoms with E-state index >= 15 is 0 Å². The Bertz CT molecular complexity index is 917. The normalized spacial score (nSPS) is 14.3. The van der Waals surface area contributed by atoms with Crippen LogP contribution in [0.1, 0.15) is 0 Å². The summed E-state index contributed by atoms with van der Waals surface area (Å²) >= 11 is 1.000. The summed E-state index contributed by atoms with van der Waals surface area (Å²) in [6.45, 7) is 0. The first-order valence-corrected chi connectivity index (χ1v) is 8.97. The third-order valence-electron chi connectivity index (χ3n) is 3.00. The maximum absolute atomic E-state index is 14.0. The Kier molecular flexibility index (Phi) is 3.96. The second-order valence-electron chi connectivity index (χ2n) is 4.72. The summed E-state index contributed by atoms with van der Waals surface area (Å²) in [5, 5.41) is 1.04. The van der Waals surface area contributed by atoms with Gasteiger partial charge in [-0.3, -0.25) is 0 Å². The number of sulfonamides is 1. The molecule has 1 aromatic heterocycles. The first-order chi connectivity index (χ1) is 11.1. The number of aromatic nitrogens is 2. The molecule has 0 amide bonds. The first kappa shape index (κ1) is 17.0. The number of hydrogen-bond acceptors (Lipinski definition) is 5. The molecular formula is C11H7F5N4O2S2. The molecule has 0 spiro atoms. The summed E-state index contributed by atoms with van der Waals surface area (Å²) in [7, 11) is -3.75. The Morgan fingerprint density at radius 1 is 1.08 bits per heavy atom. The van der Waals surface area contributed by atoms with Gasteiger partial charge in [-0.1, -0.05) is 11.8 Å². The van der Waals surface area contributed by atoms with Crippen molar-refractivity contribution in [2.24, 2.45) is 0 Å². The smallest absolute Gasteiger partial charge is 0.226 e. The van der Waals surface area contributed by atoms with Gasteiger partial charge in [0.1, 0.15) is 5.88 Å². The Balaban J connectivity index is 2.21. The Morgan fingerprint density at radius 2 is 1.62 bits per heavy atom. The molecule has 0 radical (unpaired) electrons. The zero-order valence-corrected chi connectivity index (χ0v) is 13.3. The van der Waals surface area contributed by atoms with E-state index in [0.717, 1.165) is 34.0 Å². The van der Waals surface area contributed by atoms with E-state index in [1.807, 2.05) is 0 Å². The van der Waals surface area contributed by atoms with E-state index in [1.54, 1.807) is 0 Å². The van der Waals surface area contributed by atoms with Gasteiger partial charge in [-0.15, -0.1) is 4.83 Å². The van der Waals surface area contributed by atoms with Crippen LogP contribution in [0, 0.1) is 29.1 Å². The molecule has 1 aromatic carbocycles. The van der Waals surface area contributed by atoms with Crippen LogP contribution in [0.15, 0.2) is 11.4 Å². The minimum atomic E-state index is -3.75. The summed E-state index contributed by atoms with van der Waals surface area (Å²) in [4.78, 5) is 5.85. The quantitative estimate of drug-likeness (QED) is 0.494. The molecule has 0 fully saturated rings. The largest absolute Gasteiger partial charge is 0.229 e. The van der Waals surface area contributed by atoms with Gasteiger partial charge in [0, 0.05) is 0 Å². The summed E-state index contributed by atoms with van der Waals surface area (Å²) < 4.78 is 91.5. The summed E-state index contributed by atoms with van der Waals surface area (Å²) in [5.41, 5.74) is -1.69. The van der Waals surface area contributed by atoms with Crippen molar-refractivity contribution in [2.45, 2.75) is 5.16 Å². The highest BCUT2D eigenvalue weighted by Gasteiger charge is 2.33. The van der Waals surface area contributed by atoms with E-state index in [-0.39, 0.29) is 11.0 Å². The fraction of sp³-hybridized carbons (Fsp3) is 0.182. The molecule has 0 unspecified atom stereocenters. The van der Waals surface area contributed by atoms with Crippen LogP contribution in [-0.4, -0.2) is 30.2 Å². The molecule has 1 aliphatic rings. The highest BCUT2D eigenvalue weighted by atomic mass is 32.2. The van der Waals surface area contributed by atoms with Crippen LogP contribution < -0.4 is 9.95 Å². The zero-order chi connectivity index (χ0) is 17.8. The number of nitrogens with zero attached hydrogens (tertiary/aromatic N) is 3. The van der Waals surface area contributed by atoms with Crippen LogP contribution in [0.5, 0.6) is 0 Å². The molecule has 6 nitrogen and oxygen atoms in total. The Hall–Kier alpha value is -1.86. The molecule has 1 N–H and O–H groups in total. The minimum absolute atomic E-state index is 0.0152. The second-order valence-corrected chi connectivity index (χ2v) is 7.36. The number of rotatable bonds is 3. The first-order valence-electron chi connectivity index (χ1n) is 6.09. The molecule has 0 saturated heterocycles. The Labute approximate surface area is 136 Å². The van der Waals surface area contributed by atoms with Gasteiger partial charge in [0.25, 0.3) is 0 Å². The second kappa shape index (κ2) is 5.60. The van der Waals surface area contributed by atoms with Crippen LogP contribution in [0.3, 0.4) is 0 Å². The fourth-order valence-electron chi connectivity index (χ4n) is 2.10. The van der Waals surface area contributed by atoms with Crippen molar-refractivity contribution in [3.8, 4) is 11.3 Å². The lowest BCUT2D eigenvalue weighted by Gasteiger charge is -2.21. The summed E-state index contributed by atoms with van der Waals surface area (Å²) in [6, 6.07) is 0. The zero-order valence-electron chi connectivity index (χ0n) is 11.6. The SMILES string of the molecule is CS(=O)(=O)NN1CSc2ncc(-c3c(F)c(F)c(F)c(F)c3F)n21. The number of hydrazine groups is 1. The van der Waals surface area contributed by atoms with E-state index in [2.05, 4.69) is 9.82 Å². The van der Waals surface area contributed by atoms with Crippen LogP contribution in [0.4, 0.5) is 22.0 Å². The Morgan fingerprint density at radius 3 is 2.17 bits per heavy atom. The lowest BCUT2D eigenvalue weighted by atomic mass is 10.1. The average molecular weight is 386 g/mol. The van der Waals surface area contributed by atoms with Gasteiger partial charge in [-0.25, -0.2) is 45.1 Å². The molecule has 0 saturated carbocycles. The highest BCUT2D eigenvalue weighted by Crippen LogP contribution is 2.36. The van der Waals surface area contributed by atoms with Gasteiger partial charge in [0.2, 0.25) is 15.8 Å². The van der Waals surface area contributed by atoms with E-state index in [0.29, 0.717) is 0 Å². The lowest BCUT2D eigenvalue weighted by molar-refractivity contribution is 0.380. The van der Waals surface area contributed by atoms with Gasteiger partial charge in [-0.2, -0.15) is 0 Å². The van der Waals surface area contributed by atoms with Crippen LogP contribution in [0.2, 0.25) is 0 Å². The van der Waals surface area contributed by atoms with Crippen LogP contribution in [0.25, 0.3) is 11.3 Å². The van der Waals surface area contributed by atoms with Gasteiger partial charge < -0.3 is 0 Å². The molecule has 2 heterocycles. The topological polar surface area (TPSA) is 67.2 Å². The fourth-order valence-corrected chi connectivity index (χ4v) is 3.57. The van der Waals surface area contributed by atoms with Crippen molar-refractivity contribution < 1.29 is 30.4 Å². The van der Waals surface area contributed by atoms with Gasteiger partial charge in [-0.05, 0) is 0 Å². The molecule has 0 bridgehead atoms. The van der Waals surface area contributed by atoms with Crippen molar-refractivity contribution >= 4 is 21.8 Å². The van der Waals surface area contributed by atoms with E-state index in [1.165, 1.54) is 0 Å². The monoisotopic (exact) mass is 386 g/mol. The average Bonchev–Trinajstić information content (AvgIpc) is 3.06. The van der Waals surface area contributed by atoms with Crippen molar-refractivity contribution in [1.29, 1.82) is 0 Å². The molecule has 13 heteroatoms. The van der Waals surface area contributed by atoms with Crippen molar-refractivity contribution in [3.05, 3.63) is 35.3 Å². The van der Waals surface area contributed by atoms with Crippen LogP contribution in [-0.2, 0) is 10.0 Å². The third-order valence-corrected chi connectivity index (χ3v) is 4.45. The number of hydrogen-bond donors (Lipinski definition) is 1. The minimum Gasteiger partial charge on any atom is -0.229 e. The van der Waals surface area contributed by atoms with Crippen LogP contribution >= 0.6 is 11.8 Å². The summed E-state index contributed by atoms with van der Waals surface area (Å²) in [6.07, 6.45) is 1.72. The molecule has 1 aliphatic heterocycles. The summed E-state index contributed by atoms with van der Waals surface area (Å²) in [5.74, 6) is -10.6. The molecule has 24 heavy (non-hydrogen) atoms. The maximum atomic E-state index is 14.0. The van der Waals surface area contributed by atoms with Gasteiger partial charge in [0.05, 0.1) is 23.7 Å². The molecule has 0 atom stereocenters. The van der Waals surface area contributed by atoms with E-state index < -0.39 is 50.4 Å². The van der Waals surface area contributed by atoms with Gasteiger partial charge >= 0.3 is 0 Å². The van der Waals surface area contributed by atoms with Crippen molar-refractivity contribution in [3.63, 3.8) is 0 Å². The molecule has 0 aliphatic carbocycles. The molecule has 2 aromatic rings. The number of halogens is 5. The number of fused-ring (bicyclic) bond motifs is 1. The lowest BCUT2D eigenvalue weighted by Crippen LogP contribution is -2.46. The number of nitrogens with one attached hydrogen (secondary N) is 1. The molecule has 130 valence electrons. The number of benzene rings is 1. The predicted octanol–water partition coefficient (Wildman–Crippen LogP) is 1.71. The number of imidazole rings is 1. The third kappa shape index (κ3) is 2.61.